The topological polar surface area (TPSA) is 87.3 Å². The molecule has 2 N–H and O–H groups in total. The van der Waals surface area contributed by atoms with Gasteiger partial charge in [-0.2, -0.15) is 4.98 Å². The molecule has 0 aliphatic rings. The number of rotatable bonds is 6. The van der Waals surface area contributed by atoms with E-state index in [0.29, 0.717) is 24.1 Å². The molecule has 0 saturated carbocycles. The van der Waals surface area contributed by atoms with E-state index in [0.717, 1.165) is 12.2 Å². The van der Waals surface area contributed by atoms with Crippen molar-refractivity contribution in [2.24, 2.45) is 5.73 Å². The van der Waals surface area contributed by atoms with Crippen molar-refractivity contribution in [3.05, 3.63) is 23.7 Å². The number of hydrogen-bond acceptors (Lipinski definition) is 6. The molecule has 0 radical (unpaired) electrons. The molecule has 20 heavy (non-hydrogen) atoms. The molecule has 0 fully saturated rings. The summed E-state index contributed by atoms with van der Waals surface area (Å²) in [5.74, 6) is 2.17. The summed E-state index contributed by atoms with van der Waals surface area (Å²) in [6.07, 6.45) is 0.916. The molecule has 2 aromatic heterocycles. The Labute approximate surface area is 118 Å². The summed E-state index contributed by atoms with van der Waals surface area (Å²) in [6, 6.07) is 3.71. The van der Waals surface area contributed by atoms with Gasteiger partial charge in [0.05, 0.1) is 12.7 Å². The number of aromatic nitrogens is 2. The van der Waals surface area contributed by atoms with E-state index in [2.05, 4.69) is 10.1 Å². The van der Waals surface area contributed by atoms with E-state index in [1.54, 1.807) is 0 Å². The molecule has 6 heteroatoms. The zero-order valence-electron chi connectivity index (χ0n) is 12.3. The molecule has 0 saturated heterocycles. The van der Waals surface area contributed by atoms with Crippen LogP contribution in [0, 0.1) is 0 Å². The van der Waals surface area contributed by atoms with Crippen LogP contribution in [0.5, 0.6) is 0 Å². The van der Waals surface area contributed by atoms with Gasteiger partial charge in [0.25, 0.3) is 5.89 Å². The van der Waals surface area contributed by atoms with E-state index >= 15 is 0 Å². The maximum atomic E-state index is 6.17. The molecule has 2 heterocycles. The van der Waals surface area contributed by atoms with Crippen molar-refractivity contribution in [2.45, 2.75) is 45.8 Å². The van der Waals surface area contributed by atoms with Gasteiger partial charge in [0, 0.05) is 6.42 Å². The van der Waals surface area contributed by atoms with Crippen molar-refractivity contribution in [1.29, 1.82) is 0 Å². The van der Waals surface area contributed by atoms with Gasteiger partial charge in [-0.1, -0.05) is 12.1 Å². The summed E-state index contributed by atoms with van der Waals surface area (Å²) >= 11 is 0. The van der Waals surface area contributed by atoms with Gasteiger partial charge in [-0.25, -0.2) is 0 Å². The molecule has 0 aliphatic heterocycles. The quantitative estimate of drug-likeness (QED) is 0.874. The first-order valence-corrected chi connectivity index (χ1v) is 6.76. The molecule has 1 unspecified atom stereocenters. The number of furan rings is 1. The van der Waals surface area contributed by atoms with Crippen LogP contribution in [0.2, 0.25) is 0 Å². The Balaban J connectivity index is 2.15. The Morgan fingerprint density at radius 1 is 1.40 bits per heavy atom. The first-order valence-electron chi connectivity index (χ1n) is 6.76. The molecule has 6 nitrogen and oxygen atoms in total. The van der Waals surface area contributed by atoms with E-state index in [1.165, 1.54) is 0 Å². The number of nitrogens with two attached hydrogens (primary N) is 1. The summed E-state index contributed by atoms with van der Waals surface area (Å²) in [5.41, 5.74) is 5.37. The highest BCUT2D eigenvalue weighted by Gasteiger charge is 2.29. The number of nitrogens with zero attached hydrogens (tertiary/aromatic N) is 2. The zero-order chi connectivity index (χ0) is 14.8. The van der Waals surface area contributed by atoms with Gasteiger partial charge in [0.1, 0.15) is 11.3 Å². The van der Waals surface area contributed by atoms with Gasteiger partial charge in [-0.15, -0.1) is 0 Å². The Morgan fingerprint density at radius 2 is 2.15 bits per heavy atom. The van der Waals surface area contributed by atoms with Gasteiger partial charge < -0.3 is 19.4 Å². The molecule has 0 aliphatic carbocycles. The Hall–Kier alpha value is -1.66. The molecule has 2 aromatic rings. The molecule has 2 rings (SSSR count). The minimum atomic E-state index is -0.799. The smallest absolute Gasteiger partial charge is 0.293 e. The summed E-state index contributed by atoms with van der Waals surface area (Å²) < 4.78 is 16.3. The lowest BCUT2D eigenvalue weighted by Crippen LogP contribution is -2.40. The third kappa shape index (κ3) is 3.26. The predicted molar refractivity (Wildman–Crippen MR) is 74.0 cm³/mol. The van der Waals surface area contributed by atoms with Crippen molar-refractivity contribution in [3.63, 3.8) is 0 Å². The van der Waals surface area contributed by atoms with Gasteiger partial charge >= 0.3 is 0 Å². The molecule has 0 aromatic carbocycles. The lowest BCUT2D eigenvalue weighted by atomic mass is 10.1. The minimum Gasteiger partial charge on any atom is -0.456 e. The fourth-order valence-corrected chi connectivity index (χ4v) is 1.64. The van der Waals surface area contributed by atoms with E-state index in [9.17, 15) is 0 Å². The maximum absolute atomic E-state index is 6.17. The molecule has 1 atom stereocenters. The Kier molecular flexibility index (Phi) is 4.25. The second-order valence-electron chi connectivity index (χ2n) is 5.32. The van der Waals surface area contributed by atoms with Crippen molar-refractivity contribution in [2.75, 3.05) is 6.61 Å². The van der Waals surface area contributed by atoms with Crippen LogP contribution in [0.15, 0.2) is 21.1 Å². The lowest BCUT2D eigenvalue weighted by Gasteiger charge is -2.21. The fourth-order valence-electron chi connectivity index (χ4n) is 1.64. The van der Waals surface area contributed by atoms with Crippen molar-refractivity contribution < 1.29 is 13.7 Å². The Bertz CT molecular complexity index is 558. The molecule has 0 spiro atoms. The normalized spacial score (nSPS) is 14.7. The summed E-state index contributed by atoms with van der Waals surface area (Å²) in [5, 5.41) is 3.93. The third-order valence-electron chi connectivity index (χ3n) is 2.87. The first kappa shape index (κ1) is 14.7. The summed E-state index contributed by atoms with van der Waals surface area (Å²) in [7, 11) is 0. The van der Waals surface area contributed by atoms with Gasteiger partial charge in [0.15, 0.2) is 11.6 Å². The number of hydrogen-bond donors (Lipinski definition) is 1. The van der Waals surface area contributed by atoms with E-state index < -0.39 is 5.54 Å². The number of ether oxygens (including phenoxy) is 1. The van der Waals surface area contributed by atoms with Crippen molar-refractivity contribution >= 4 is 0 Å². The van der Waals surface area contributed by atoms with E-state index in [4.69, 9.17) is 19.4 Å². The van der Waals surface area contributed by atoms with Crippen LogP contribution in [0.1, 0.15) is 39.3 Å². The molecular weight excluding hydrogens is 258 g/mol. The second kappa shape index (κ2) is 5.76. The van der Waals surface area contributed by atoms with Crippen LogP contribution < -0.4 is 5.73 Å². The lowest BCUT2D eigenvalue weighted by molar-refractivity contribution is 0.0410. The predicted octanol–water partition coefficient (Wildman–Crippen LogP) is 2.49. The maximum Gasteiger partial charge on any atom is 0.293 e. The van der Waals surface area contributed by atoms with Crippen LogP contribution in [-0.2, 0) is 16.7 Å². The minimum absolute atomic E-state index is 0.0985. The molecule has 0 bridgehead atoms. The third-order valence-corrected chi connectivity index (χ3v) is 2.87. The fraction of sp³-hybridized carbons (Fsp3) is 0.571. The number of aryl methyl sites for hydroxylation is 1. The van der Waals surface area contributed by atoms with Crippen LogP contribution in [0.4, 0.5) is 0 Å². The summed E-state index contributed by atoms with van der Waals surface area (Å²) in [6.45, 7) is 8.05. The monoisotopic (exact) mass is 279 g/mol. The van der Waals surface area contributed by atoms with Crippen molar-refractivity contribution in [3.8, 4) is 11.7 Å². The van der Waals surface area contributed by atoms with E-state index in [-0.39, 0.29) is 6.10 Å². The van der Waals surface area contributed by atoms with Crippen LogP contribution in [-0.4, -0.2) is 22.9 Å². The van der Waals surface area contributed by atoms with Gasteiger partial charge in [0.2, 0.25) is 0 Å². The van der Waals surface area contributed by atoms with Crippen LogP contribution in [0.3, 0.4) is 0 Å². The van der Waals surface area contributed by atoms with E-state index in [1.807, 2.05) is 39.8 Å². The highest BCUT2D eigenvalue weighted by Crippen LogP contribution is 2.23. The molecule has 0 amide bonds. The highest BCUT2D eigenvalue weighted by molar-refractivity contribution is 5.44. The summed E-state index contributed by atoms with van der Waals surface area (Å²) in [4.78, 5) is 4.30. The standard InChI is InChI=1S/C14H21N3O3/c1-5-10-6-7-11(19-10)12-16-13(17-20-12)14(4,15)8-18-9(2)3/h6-7,9H,5,8,15H2,1-4H3. The average molecular weight is 279 g/mol. The second-order valence-corrected chi connectivity index (χ2v) is 5.32. The van der Waals surface area contributed by atoms with Crippen LogP contribution in [0.25, 0.3) is 11.7 Å². The van der Waals surface area contributed by atoms with Crippen LogP contribution >= 0.6 is 0 Å². The van der Waals surface area contributed by atoms with Gasteiger partial charge in [-0.05, 0) is 32.9 Å². The van der Waals surface area contributed by atoms with Gasteiger partial charge in [-0.3, -0.25) is 0 Å². The molecular formula is C14H21N3O3. The molecule has 110 valence electrons. The Morgan fingerprint density at radius 3 is 2.75 bits per heavy atom. The highest BCUT2D eigenvalue weighted by atomic mass is 16.5. The zero-order valence-corrected chi connectivity index (χ0v) is 12.3. The average Bonchev–Trinajstić information content (AvgIpc) is 3.04. The van der Waals surface area contributed by atoms with Crippen molar-refractivity contribution in [1.82, 2.24) is 10.1 Å². The first-order chi connectivity index (χ1) is 9.42. The largest absolute Gasteiger partial charge is 0.456 e. The SMILES string of the molecule is CCc1ccc(-c2nc(C(C)(N)COC(C)C)no2)o1.